The van der Waals surface area contributed by atoms with Crippen LogP contribution in [-0.2, 0) is 6.54 Å². The highest BCUT2D eigenvalue weighted by Crippen LogP contribution is 2.39. The van der Waals surface area contributed by atoms with E-state index in [1.54, 1.807) is 37.8 Å². The fourth-order valence-electron chi connectivity index (χ4n) is 2.74. The molecule has 0 unspecified atom stereocenters. The van der Waals surface area contributed by atoms with Crippen molar-refractivity contribution in [3.63, 3.8) is 0 Å². The minimum Gasteiger partial charge on any atom is -1.00 e. The number of halogens is 1. The van der Waals surface area contributed by atoms with Crippen molar-refractivity contribution in [2.75, 3.05) is 33.6 Å². The second-order valence-electron chi connectivity index (χ2n) is 5.73. The molecule has 8 nitrogen and oxygen atoms in total. The zero-order valence-electron chi connectivity index (χ0n) is 16.5. The maximum atomic E-state index is 5.51. The van der Waals surface area contributed by atoms with E-state index in [9.17, 15) is 0 Å². The minimum absolute atomic E-state index is 0. The van der Waals surface area contributed by atoms with Crippen molar-refractivity contribution < 1.29 is 26.6 Å². The van der Waals surface area contributed by atoms with Crippen molar-refractivity contribution in [3.05, 3.63) is 48.0 Å². The number of methoxy groups -OCH3 is 3. The number of benzene rings is 2. The van der Waals surface area contributed by atoms with Crippen LogP contribution in [0.5, 0.6) is 17.2 Å². The van der Waals surface area contributed by atoms with Gasteiger partial charge < -0.3 is 31.9 Å². The van der Waals surface area contributed by atoms with Crippen LogP contribution in [0.15, 0.2) is 47.6 Å². The van der Waals surface area contributed by atoms with Crippen LogP contribution in [0.3, 0.4) is 0 Å². The van der Waals surface area contributed by atoms with Crippen molar-refractivity contribution in [2.24, 2.45) is 0 Å². The molecule has 0 saturated carbocycles. The van der Waals surface area contributed by atoms with Crippen LogP contribution in [0.1, 0.15) is 5.56 Å². The van der Waals surface area contributed by atoms with Gasteiger partial charge in [-0.3, -0.25) is 0 Å². The monoisotopic (exact) mass is 436 g/mol. The average molecular weight is 437 g/mol. The summed E-state index contributed by atoms with van der Waals surface area (Å²) >= 11 is 1.60. The number of para-hydroxylation sites is 1. The maximum Gasteiger partial charge on any atom is 0.214 e. The Kier molecular flexibility index (Phi) is 9.04. The number of nitrogens with one attached hydrogen (secondary N) is 1. The minimum atomic E-state index is 0. The molecule has 0 bridgehead atoms. The number of nitrogens with zero attached hydrogens (tertiary/aromatic N) is 4. The van der Waals surface area contributed by atoms with Gasteiger partial charge in [-0.1, -0.05) is 36.0 Å². The molecule has 0 aliphatic carbocycles. The Hall–Kier alpha value is -2.49. The van der Waals surface area contributed by atoms with Gasteiger partial charge in [-0.05, 0) is 28.6 Å². The van der Waals surface area contributed by atoms with Gasteiger partial charge in [0.2, 0.25) is 10.9 Å². The highest BCUT2D eigenvalue weighted by molar-refractivity contribution is 7.99. The van der Waals surface area contributed by atoms with Crippen LogP contribution in [0, 0.1) is 0 Å². The van der Waals surface area contributed by atoms with E-state index in [-0.39, 0.29) is 12.4 Å². The van der Waals surface area contributed by atoms with Crippen LogP contribution in [-0.4, -0.2) is 53.8 Å². The van der Waals surface area contributed by atoms with E-state index in [0.29, 0.717) is 23.8 Å². The molecule has 3 rings (SSSR count). The molecular weight excluding hydrogens is 414 g/mol. The first-order valence-electron chi connectivity index (χ1n) is 8.73. The molecule has 0 spiro atoms. The largest absolute Gasteiger partial charge is 1.00 e. The summed E-state index contributed by atoms with van der Waals surface area (Å²) in [7, 11) is 4.83. The smallest absolute Gasteiger partial charge is 0.214 e. The van der Waals surface area contributed by atoms with E-state index >= 15 is 0 Å². The molecule has 1 aromatic heterocycles. The number of rotatable bonds is 10. The maximum absolute atomic E-state index is 5.51. The molecule has 0 aliphatic rings. The number of thioether (sulfide) groups is 1. The molecule has 156 valence electrons. The fourth-order valence-corrected chi connectivity index (χ4v) is 3.53. The first-order valence-corrected chi connectivity index (χ1v) is 9.72. The first-order chi connectivity index (χ1) is 13.8. The topological polar surface area (TPSA) is 83.3 Å². The highest BCUT2D eigenvalue weighted by Gasteiger charge is 2.15. The molecule has 0 radical (unpaired) electrons. The Balaban J connectivity index is 0.00000300. The van der Waals surface area contributed by atoms with Crippen molar-refractivity contribution >= 4 is 11.8 Å². The molecule has 0 amide bonds. The quantitative estimate of drug-likeness (QED) is 0.339. The lowest BCUT2D eigenvalue weighted by molar-refractivity contribution is -0.00000657. The summed E-state index contributed by atoms with van der Waals surface area (Å²) in [6.45, 7) is 1.43. The summed E-state index contributed by atoms with van der Waals surface area (Å²) in [4.78, 5) is 0. The van der Waals surface area contributed by atoms with Crippen LogP contribution < -0.4 is 31.9 Å². The summed E-state index contributed by atoms with van der Waals surface area (Å²) in [5.74, 6) is 2.74. The van der Waals surface area contributed by atoms with E-state index in [4.69, 9.17) is 14.2 Å². The second-order valence-corrected chi connectivity index (χ2v) is 6.79. The Labute approximate surface area is 180 Å². The Morgan fingerprint density at radius 3 is 2.41 bits per heavy atom. The molecule has 10 heteroatoms. The molecule has 1 heterocycles. The van der Waals surface area contributed by atoms with E-state index in [1.165, 1.54) is 0 Å². The summed E-state index contributed by atoms with van der Waals surface area (Å²) in [6.07, 6.45) is 0. The SMILES string of the molecule is COc1ccc(CNCCSc2nnnn2-c2ccccc2)c(OC)c1OC.[Cl-]. The van der Waals surface area contributed by atoms with Gasteiger partial charge in [-0.2, -0.15) is 4.68 Å². The average Bonchev–Trinajstić information content (AvgIpc) is 3.22. The van der Waals surface area contributed by atoms with Crippen molar-refractivity contribution in [3.8, 4) is 22.9 Å². The lowest BCUT2D eigenvalue weighted by Crippen LogP contribution is -3.00. The molecule has 0 aliphatic heterocycles. The van der Waals surface area contributed by atoms with Crippen molar-refractivity contribution in [1.82, 2.24) is 25.5 Å². The third-order valence-corrected chi connectivity index (χ3v) is 4.97. The van der Waals surface area contributed by atoms with Gasteiger partial charge in [-0.25, -0.2) is 0 Å². The lowest BCUT2D eigenvalue weighted by Gasteiger charge is -2.16. The third-order valence-electron chi connectivity index (χ3n) is 4.05. The van der Waals surface area contributed by atoms with E-state index < -0.39 is 0 Å². The van der Waals surface area contributed by atoms with Crippen LogP contribution in [0.4, 0.5) is 0 Å². The summed E-state index contributed by atoms with van der Waals surface area (Å²) < 4.78 is 18.0. The fraction of sp³-hybridized carbons (Fsp3) is 0.316. The predicted molar refractivity (Wildman–Crippen MR) is 108 cm³/mol. The zero-order valence-corrected chi connectivity index (χ0v) is 18.0. The Morgan fingerprint density at radius 2 is 1.72 bits per heavy atom. The Bertz CT molecular complexity index is 895. The standard InChI is InChI=1S/C19H23N5O3S.ClH/c1-25-16-10-9-14(17(26-2)18(16)27-3)13-20-11-12-28-19-21-22-23-24(19)15-7-5-4-6-8-15;/h4-10,20H,11-13H2,1-3H3;1H/p-1. The van der Waals surface area contributed by atoms with E-state index in [2.05, 4.69) is 20.8 Å². The Morgan fingerprint density at radius 1 is 0.966 bits per heavy atom. The molecular formula is C19H23ClN5O3S-. The van der Waals surface area contributed by atoms with Crippen molar-refractivity contribution in [1.29, 1.82) is 0 Å². The summed E-state index contributed by atoms with van der Waals surface area (Å²) in [6, 6.07) is 13.7. The number of tetrazole rings is 1. The second kappa shape index (κ2) is 11.5. The highest BCUT2D eigenvalue weighted by atomic mass is 35.5. The molecule has 0 saturated heterocycles. The van der Waals surface area contributed by atoms with Gasteiger partial charge in [0.25, 0.3) is 0 Å². The lowest BCUT2D eigenvalue weighted by atomic mass is 10.1. The van der Waals surface area contributed by atoms with E-state index in [0.717, 1.165) is 28.7 Å². The molecule has 1 N–H and O–H groups in total. The van der Waals surface area contributed by atoms with Crippen LogP contribution >= 0.6 is 11.8 Å². The van der Waals surface area contributed by atoms with Gasteiger partial charge in [0.05, 0.1) is 27.0 Å². The summed E-state index contributed by atoms with van der Waals surface area (Å²) in [5.41, 5.74) is 1.94. The molecule has 2 aromatic carbocycles. The normalized spacial score (nSPS) is 10.3. The number of hydrogen-bond donors (Lipinski definition) is 1. The number of aromatic nitrogens is 4. The molecule has 29 heavy (non-hydrogen) atoms. The summed E-state index contributed by atoms with van der Waals surface area (Å²) in [5, 5.41) is 16.1. The predicted octanol–water partition coefficient (Wildman–Crippen LogP) is -0.426. The van der Waals surface area contributed by atoms with Gasteiger partial charge in [0, 0.05) is 24.4 Å². The van der Waals surface area contributed by atoms with Gasteiger partial charge in [0.15, 0.2) is 11.5 Å². The van der Waals surface area contributed by atoms with Gasteiger partial charge in [-0.15, -0.1) is 5.10 Å². The molecule has 0 atom stereocenters. The number of ether oxygens (including phenoxy) is 3. The number of hydrogen-bond acceptors (Lipinski definition) is 8. The van der Waals surface area contributed by atoms with E-state index in [1.807, 2.05) is 42.5 Å². The van der Waals surface area contributed by atoms with Gasteiger partial charge in [0.1, 0.15) is 0 Å². The zero-order chi connectivity index (χ0) is 19.8. The molecule has 3 aromatic rings. The third kappa shape index (κ3) is 5.53. The van der Waals surface area contributed by atoms with Crippen LogP contribution in [0.25, 0.3) is 5.69 Å². The van der Waals surface area contributed by atoms with Crippen LogP contribution in [0.2, 0.25) is 0 Å². The van der Waals surface area contributed by atoms with Crippen molar-refractivity contribution in [2.45, 2.75) is 11.7 Å². The first kappa shape index (κ1) is 22.8. The molecule has 0 fully saturated rings. The van der Waals surface area contributed by atoms with Gasteiger partial charge >= 0.3 is 0 Å².